The Morgan fingerprint density at radius 2 is 2.00 bits per heavy atom. The molecule has 1 heteroatoms. The van der Waals surface area contributed by atoms with E-state index in [1.807, 2.05) is 6.08 Å². The summed E-state index contributed by atoms with van der Waals surface area (Å²) in [5, 5.41) is 0. The molecule has 1 aromatic rings. The highest BCUT2D eigenvalue weighted by Crippen LogP contribution is 2.44. The Morgan fingerprint density at radius 3 is 2.52 bits per heavy atom. The molecule has 0 amide bonds. The second-order valence-corrected chi connectivity index (χ2v) is 8.18. The molecule has 1 nitrogen and oxygen atoms in total. The van der Waals surface area contributed by atoms with Crippen molar-refractivity contribution >= 4 is 5.71 Å². The molecule has 1 aromatic carbocycles. The van der Waals surface area contributed by atoms with Crippen LogP contribution in [-0.4, -0.2) is 11.3 Å². The SMILES string of the molecule is C=CC(=NC1(C)CCC(C(C)(C)CC)CC1)c1cccc(C)c1. The minimum Gasteiger partial charge on any atom is -0.278 e. The second kappa shape index (κ2) is 7.03. The molecule has 23 heavy (non-hydrogen) atoms. The third kappa shape index (κ3) is 4.34. The number of nitrogens with zero attached hydrogens (tertiary/aromatic N) is 1. The summed E-state index contributed by atoms with van der Waals surface area (Å²) in [5.74, 6) is 0.835. The van der Waals surface area contributed by atoms with Crippen molar-refractivity contribution in [2.75, 3.05) is 0 Å². The van der Waals surface area contributed by atoms with Crippen LogP contribution < -0.4 is 0 Å². The average molecular weight is 312 g/mol. The van der Waals surface area contributed by atoms with E-state index < -0.39 is 0 Å². The third-order valence-corrected chi connectivity index (χ3v) is 5.98. The Kier molecular flexibility index (Phi) is 5.49. The van der Waals surface area contributed by atoms with E-state index in [1.54, 1.807) is 0 Å². The molecule has 0 aromatic heterocycles. The first-order valence-electron chi connectivity index (χ1n) is 9.09. The van der Waals surface area contributed by atoms with Gasteiger partial charge in [0.25, 0.3) is 0 Å². The van der Waals surface area contributed by atoms with Crippen molar-refractivity contribution in [3.8, 4) is 0 Å². The number of rotatable bonds is 5. The number of aliphatic imine (C=N–C) groups is 1. The van der Waals surface area contributed by atoms with Gasteiger partial charge in [0.15, 0.2) is 0 Å². The van der Waals surface area contributed by atoms with Crippen LogP contribution in [0.25, 0.3) is 0 Å². The molecule has 0 N–H and O–H groups in total. The van der Waals surface area contributed by atoms with Crippen molar-refractivity contribution in [3.63, 3.8) is 0 Å². The topological polar surface area (TPSA) is 12.4 Å². The highest BCUT2D eigenvalue weighted by atomic mass is 14.9. The van der Waals surface area contributed by atoms with Gasteiger partial charge in [-0.25, -0.2) is 0 Å². The van der Waals surface area contributed by atoms with Gasteiger partial charge in [-0.1, -0.05) is 57.5 Å². The van der Waals surface area contributed by atoms with Crippen molar-refractivity contribution in [1.29, 1.82) is 0 Å². The van der Waals surface area contributed by atoms with Crippen LogP contribution in [0.5, 0.6) is 0 Å². The van der Waals surface area contributed by atoms with E-state index in [4.69, 9.17) is 4.99 Å². The Morgan fingerprint density at radius 1 is 1.35 bits per heavy atom. The minimum atomic E-state index is 0.0631. The Hall–Kier alpha value is -1.37. The summed E-state index contributed by atoms with van der Waals surface area (Å²) in [5.41, 5.74) is 4.04. The minimum absolute atomic E-state index is 0.0631. The van der Waals surface area contributed by atoms with Crippen molar-refractivity contribution in [1.82, 2.24) is 0 Å². The average Bonchev–Trinajstić information content (AvgIpc) is 2.53. The zero-order valence-corrected chi connectivity index (χ0v) is 15.7. The molecule has 0 saturated heterocycles. The number of allylic oxidation sites excluding steroid dienone is 1. The fourth-order valence-corrected chi connectivity index (χ4v) is 3.74. The van der Waals surface area contributed by atoms with Gasteiger partial charge >= 0.3 is 0 Å². The van der Waals surface area contributed by atoms with Crippen LogP contribution in [0.15, 0.2) is 41.9 Å². The van der Waals surface area contributed by atoms with Crippen molar-refractivity contribution < 1.29 is 0 Å². The van der Waals surface area contributed by atoms with Gasteiger partial charge in [-0.15, -0.1) is 0 Å². The first-order valence-corrected chi connectivity index (χ1v) is 9.09. The molecule has 1 saturated carbocycles. The van der Waals surface area contributed by atoms with Crippen LogP contribution in [0.3, 0.4) is 0 Å². The fraction of sp³-hybridized carbons (Fsp3) is 0.591. The lowest BCUT2D eigenvalue weighted by atomic mass is 9.66. The first-order chi connectivity index (χ1) is 10.8. The van der Waals surface area contributed by atoms with Crippen LogP contribution in [0, 0.1) is 18.3 Å². The van der Waals surface area contributed by atoms with Gasteiger partial charge in [-0.2, -0.15) is 0 Å². The molecule has 0 heterocycles. The lowest BCUT2D eigenvalue weighted by Crippen LogP contribution is -2.35. The van der Waals surface area contributed by atoms with E-state index in [-0.39, 0.29) is 5.54 Å². The van der Waals surface area contributed by atoms with E-state index in [9.17, 15) is 0 Å². The van der Waals surface area contributed by atoms with Crippen molar-refractivity contribution in [2.24, 2.45) is 16.3 Å². The zero-order chi connectivity index (χ0) is 17.1. The summed E-state index contributed by atoms with van der Waals surface area (Å²) < 4.78 is 0. The fourth-order valence-electron chi connectivity index (χ4n) is 3.74. The van der Waals surface area contributed by atoms with Gasteiger partial charge in [0.1, 0.15) is 0 Å². The molecule has 126 valence electrons. The molecule has 0 radical (unpaired) electrons. The molecule has 1 fully saturated rings. The van der Waals surface area contributed by atoms with Gasteiger partial charge in [-0.3, -0.25) is 4.99 Å². The summed E-state index contributed by atoms with van der Waals surface area (Å²) in [6, 6.07) is 8.58. The molecule has 0 bridgehead atoms. The highest BCUT2D eigenvalue weighted by molar-refractivity contribution is 6.08. The maximum atomic E-state index is 5.14. The van der Waals surface area contributed by atoms with E-state index in [0.29, 0.717) is 5.41 Å². The van der Waals surface area contributed by atoms with Crippen LogP contribution in [0.1, 0.15) is 70.9 Å². The lowest BCUT2D eigenvalue weighted by molar-refractivity contribution is 0.122. The summed E-state index contributed by atoms with van der Waals surface area (Å²) in [4.78, 5) is 5.14. The maximum absolute atomic E-state index is 5.14. The standard InChI is InChI=1S/C22H33N/c1-7-20(18-11-9-10-17(3)16-18)23-22(6)14-12-19(13-15-22)21(4,5)8-2/h7,9-11,16,19H,1,8,12-15H2,2-6H3. The molecule has 0 aliphatic heterocycles. The van der Waals surface area contributed by atoms with E-state index in [0.717, 1.165) is 11.6 Å². The summed E-state index contributed by atoms with van der Waals surface area (Å²) in [6.45, 7) is 15.6. The number of hydrogen-bond acceptors (Lipinski definition) is 1. The van der Waals surface area contributed by atoms with Gasteiger partial charge in [0.2, 0.25) is 0 Å². The van der Waals surface area contributed by atoms with Crippen molar-refractivity contribution in [2.45, 2.75) is 72.3 Å². The van der Waals surface area contributed by atoms with Gasteiger partial charge in [0, 0.05) is 0 Å². The summed E-state index contributed by atoms with van der Waals surface area (Å²) >= 11 is 0. The van der Waals surface area contributed by atoms with E-state index in [2.05, 4.69) is 65.5 Å². The number of benzene rings is 1. The highest BCUT2D eigenvalue weighted by Gasteiger charge is 2.36. The number of hydrogen-bond donors (Lipinski definition) is 0. The predicted octanol–water partition coefficient (Wildman–Crippen LogP) is 6.36. The van der Waals surface area contributed by atoms with Gasteiger partial charge in [-0.05, 0) is 68.6 Å². The number of aryl methyl sites for hydroxylation is 1. The molecule has 0 atom stereocenters. The largest absolute Gasteiger partial charge is 0.278 e. The normalized spacial score (nSPS) is 26.1. The van der Waals surface area contributed by atoms with E-state index >= 15 is 0 Å². The van der Waals surface area contributed by atoms with Crippen molar-refractivity contribution in [3.05, 3.63) is 48.0 Å². The molecule has 1 aliphatic carbocycles. The van der Waals surface area contributed by atoms with E-state index in [1.165, 1.54) is 43.2 Å². The van der Waals surface area contributed by atoms with Gasteiger partial charge in [0.05, 0.1) is 11.3 Å². The molecular formula is C22H33N. The quantitative estimate of drug-likeness (QED) is 0.561. The second-order valence-electron chi connectivity index (χ2n) is 8.18. The lowest BCUT2D eigenvalue weighted by Gasteiger charge is -2.42. The summed E-state index contributed by atoms with van der Waals surface area (Å²) in [7, 11) is 0. The Labute approximate surface area is 142 Å². The van der Waals surface area contributed by atoms with Crippen LogP contribution >= 0.6 is 0 Å². The predicted molar refractivity (Wildman–Crippen MR) is 102 cm³/mol. The smallest absolute Gasteiger partial charge is 0.0647 e. The van der Waals surface area contributed by atoms with Crippen LogP contribution in [-0.2, 0) is 0 Å². The Balaban J connectivity index is 2.16. The van der Waals surface area contributed by atoms with Crippen LogP contribution in [0.2, 0.25) is 0 Å². The third-order valence-electron chi connectivity index (χ3n) is 5.98. The van der Waals surface area contributed by atoms with Crippen LogP contribution in [0.4, 0.5) is 0 Å². The Bertz CT molecular complexity index is 571. The zero-order valence-electron chi connectivity index (χ0n) is 15.7. The van der Waals surface area contributed by atoms with Gasteiger partial charge < -0.3 is 0 Å². The molecule has 2 rings (SSSR count). The summed E-state index contributed by atoms with van der Waals surface area (Å²) in [6.07, 6.45) is 8.13. The molecule has 1 aliphatic rings. The molecule has 0 unspecified atom stereocenters. The first kappa shape index (κ1) is 18.0. The maximum Gasteiger partial charge on any atom is 0.0647 e. The monoisotopic (exact) mass is 311 g/mol. The molecular weight excluding hydrogens is 278 g/mol. The molecule has 0 spiro atoms.